The number of hydrogen-bond donors (Lipinski definition) is 0. The second kappa shape index (κ2) is 5.84. The number of alkyl halides is 5. The molecule has 0 saturated carbocycles. The second-order valence-corrected chi connectivity index (χ2v) is 4.56. The smallest absolute Gasteiger partial charge is 0.285 e. The van der Waals surface area contributed by atoms with Crippen molar-refractivity contribution in [2.75, 3.05) is 5.75 Å². The van der Waals surface area contributed by atoms with E-state index in [9.17, 15) is 26.7 Å². The molecule has 0 bridgehead atoms. The summed E-state index contributed by atoms with van der Waals surface area (Å²) in [7, 11) is 0. The molecule has 0 rings (SSSR count). The van der Waals surface area contributed by atoms with Crippen molar-refractivity contribution in [1.82, 2.24) is 0 Å². The van der Waals surface area contributed by atoms with E-state index in [2.05, 4.69) is 0 Å². The number of halogens is 5. The third kappa shape index (κ3) is 5.14. The highest BCUT2D eigenvalue weighted by atomic mass is 32.2. The van der Waals surface area contributed by atoms with Crippen LogP contribution in [0.3, 0.4) is 0 Å². The first kappa shape index (κ1) is 15.7. The lowest BCUT2D eigenvalue weighted by molar-refractivity contribution is -0.172. The van der Waals surface area contributed by atoms with E-state index in [0.717, 1.165) is 0 Å². The fourth-order valence-electron chi connectivity index (χ4n) is 0.901. The minimum Gasteiger partial charge on any atom is -0.287 e. The van der Waals surface area contributed by atoms with Gasteiger partial charge >= 0.3 is 0 Å². The summed E-state index contributed by atoms with van der Waals surface area (Å²) in [6.45, 7) is 1.65. The first-order valence-electron chi connectivity index (χ1n) is 4.66. The van der Waals surface area contributed by atoms with Gasteiger partial charge in [0.1, 0.15) is 0 Å². The van der Waals surface area contributed by atoms with Gasteiger partial charge < -0.3 is 0 Å². The maximum atomic E-state index is 12.9. The van der Waals surface area contributed by atoms with Crippen molar-refractivity contribution >= 4 is 16.9 Å². The normalized spacial score (nSPS) is 14.9. The molecule has 16 heavy (non-hydrogen) atoms. The molecule has 1 atom stereocenters. The van der Waals surface area contributed by atoms with Crippen molar-refractivity contribution in [2.45, 2.75) is 44.7 Å². The third-order valence-corrected chi connectivity index (χ3v) is 2.82. The van der Waals surface area contributed by atoms with Crippen molar-refractivity contribution < 1.29 is 26.7 Å². The molecule has 0 heterocycles. The van der Waals surface area contributed by atoms with E-state index in [4.69, 9.17) is 0 Å². The molecule has 0 aromatic carbocycles. The lowest BCUT2D eigenvalue weighted by Gasteiger charge is -2.24. The SMILES string of the molecule is CCC(=O)SCCC(F)(F)C(F)C(C)(F)F. The van der Waals surface area contributed by atoms with Crippen LogP contribution in [0.2, 0.25) is 0 Å². The molecule has 1 nitrogen and oxygen atoms in total. The summed E-state index contributed by atoms with van der Waals surface area (Å²) in [5.41, 5.74) is 0. The van der Waals surface area contributed by atoms with Gasteiger partial charge in [-0.05, 0) is 0 Å². The maximum Gasteiger partial charge on any atom is 0.285 e. The topological polar surface area (TPSA) is 17.1 Å². The number of hydrogen-bond acceptors (Lipinski definition) is 2. The molecule has 0 fully saturated rings. The molecule has 1 unspecified atom stereocenters. The van der Waals surface area contributed by atoms with Crippen LogP contribution in [0.15, 0.2) is 0 Å². The molecule has 0 amide bonds. The predicted molar refractivity (Wildman–Crippen MR) is 52.8 cm³/mol. The van der Waals surface area contributed by atoms with Crippen LogP contribution < -0.4 is 0 Å². The largest absolute Gasteiger partial charge is 0.287 e. The second-order valence-electron chi connectivity index (χ2n) is 3.40. The van der Waals surface area contributed by atoms with Gasteiger partial charge in [0.2, 0.25) is 6.17 Å². The van der Waals surface area contributed by atoms with E-state index in [0.29, 0.717) is 11.8 Å². The van der Waals surface area contributed by atoms with Gasteiger partial charge in [0, 0.05) is 25.5 Å². The standard InChI is InChI=1S/C9H13F5OS/c1-3-6(15)16-5-4-9(13,14)7(10)8(2,11)12/h7H,3-5H2,1-2H3. The van der Waals surface area contributed by atoms with Crippen LogP contribution >= 0.6 is 11.8 Å². The zero-order chi connectivity index (χ0) is 13.0. The summed E-state index contributed by atoms with van der Waals surface area (Å²) < 4.78 is 63.1. The molecule has 0 radical (unpaired) electrons. The van der Waals surface area contributed by atoms with Crippen molar-refractivity contribution in [3.05, 3.63) is 0 Å². The van der Waals surface area contributed by atoms with Crippen molar-refractivity contribution in [1.29, 1.82) is 0 Å². The highest BCUT2D eigenvalue weighted by Crippen LogP contribution is 2.36. The van der Waals surface area contributed by atoms with Gasteiger partial charge in [0.15, 0.2) is 5.12 Å². The van der Waals surface area contributed by atoms with Crippen LogP contribution in [0.5, 0.6) is 0 Å². The zero-order valence-corrected chi connectivity index (χ0v) is 9.72. The molecule has 7 heteroatoms. The van der Waals surface area contributed by atoms with Gasteiger partial charge in [-0.15, -0.1) is 0 Å². The van der Waals surface area contributed by atoms with E-state index in [1.54, 1.807) is 6.92 Å². The molecule has 0 aliphatic rings. The van der Waals surface area contributed by atoms with E-state index >= 15 is 0 Å². The molecular formula is C9H13F5OS. The highest BCUT2D eigenvalue weighted by Gasteiger charge is 2.52. The van der Waals surface area contributed by atoms with E-state index in [-0.39, 0.29) is 24.2 Å². The number of thioether (sulfide) groups is 1. The summed E-state index contributed by atoms with van der Waals surface area (Å²) in [4.78, 5) is 10.7. The van der Waals surface area contributed by atoms with Gasteiger partial charge in [0.25, 0.3) is 11.8 Å². The van der Waals surface area contributed by atoms with E-state index < -0.39 is 24.4 Å². The van der Waals surface area contributed by atoms with Crippen LogP contribution in [-0.4, -0.2) is 28.9 Å². The Morgan fingerprint density at radius 3 is 2.19 bits per heavy atom. The molecule has 0 aliphatic carbocycles. The minimum absolute atomic E-state index is 0.107. The molecule has 0 aliphatic heterocycles. The van der Waals surface area contributed by atoms with Crippen molar-refractivity contribution in [3.8, 4) is 0 Å². The molecule has 0 spiro atoms. The third-order valence-electron chi connectivity index (χ3n) is 1.80. The fourth-order valence-corrected chi connectivity index (χ4v) is 1.71. The van der Waals surface area contributed by atoms with Crippen LogP contribution in [0.4, 0.5) is 22.0 Å². The molecule has 0 N–H and O–H groups in total. The number of carbonyl (C=O) groups is 1. The molecule has 0 aromatic rings. The van der Waals surface area contributed by atoms with Gasteiger partial charge in [-0.1, -0.05) is 18.7 Å². The predicted octanol–water partition coefficient (Wildman–Crippen LogP) is 3.67. The van der Waals surface area contributed by atoms with Gasteiger partial charge in [0.05, 0.1) is 0 Å². The van der Waals surface area contributed by atoms with Crippen LogP contribution in [0, 0.1) is 0 Å². The summed E-state index contributed by atoms with van der Waals surface area (Å²) in [5, 5.41) is -0.325. The summed E-state index contributed by atoms with van der Waals surface area (Å²) in [5.74, 6) is -8.56. The number of rotatable bonds is 6. The van der Waals surface area contributed by atoms with Crippen LogP contribution in [0.1, 0.15) is 26.7 Å². The lowest BCUT2D eigenvalue weighted by atomic mass is 10.1. The molecular weight excluding hydrogens is 251 g/mol. The molecule has 0 saturated heterocycles. The Balaban J connectivity index is 4.19. The van der Waals surface area contributed by atoms with Crippen LogP contribution in [-0.2, 0) is 4.79 Å². The Morgan fingerprint density at radius 2 is 1.81 bits per heavy atom. The van der Waals surface area contributed by atoms with Gasteiger partial charge in [-0.25, -0.2) is 22.0 Å². The van der Waals surface area contributed by atoms with E-state index in [1.807, 2.05) is 0 Å². The Labute approximate surface area is 94.8 Å². The fraction of sp³-hybridized carbons (Fsp3) is 0.889. The summed E-state index contributed by atoms with van der Waals surface area (Å²) in [6.07, 6.45) is -4.43. The first-order chi connectivity index (χ1) is 7.11. The Hall–Kier alpha value is -0.330. The summed E-state index contributed by atoms with van der Waals surface area (Å²) in [6, 6.07) is 0. The van der Waals surface area contributed by atoms with Gasteiger partial charge in [-0.2, -0.15) is 0 Å². The molecule has 96 valence electrons. The highest BCUT2D eigenvalue weighted by molar-refractivity contribution is 8.13. The summed E-state index contributed by atoms with van der Waals surface area (Å²) >= 11 is 0.601. The zero-order valence-electron chi connectivity index (χ0n) is 8.90. The Morgan fingerprint density at radius 1 is 1.31 bits per heavy atom. The van der Waals surface area contributed by atoms with Crippen molar-refractivity contribution in [3.63, 3.8) is 0 Å². The van der Waals surface area contributed by atoms with Crippen LogP contribution in [0.25, 0.3) is 0 Å². The first-order valence-corrected chi connectivity index (χ1v) is 5.65. The average molecular weight is 264 g/mol. The monoisotopic (exact) mass is 264 g/mol. The average Bonchev–Trinajstić information content (AvgIpc) is 2.14. The quantitative estimate of drug-likeness (QED) is 0.681. The number of carbonyl (C=O) groups excluding carboxylic acids is 1. The van der Waals surface area contributed by atoms with Gasteiger partial charge in [-0.3, -0.25) is 4.79 Å². The lowest BCUT2D eigenvalue weighted by Crippen LogP contribution is -2.42. The van der Waals surface area contributed by atoms with Crippen molar-refractivity contribution in [2.24, 2.45) is 0 Å². The maximum absolute atomic E-state index is 12.9. The Bertz CT molecular complexity index is 239. The Kier molecular flexibility index (Phi) is 5.72. The van der Waals surface area contributed by atoms with E-state index in [1.165, 1.54) is 0 Å². The minimum atomic E-state index is -4.11. The molecule has 0 aromatic heterocycles.